The summed E-state index contributed by atoms with van der Waals surface area (Å²) in [5.74, 6) is -0.0314. The van der Waals surface area contributed by atoms with Crippen molar-refractivity contribution in [3.05, 3.63) is 29.8 Å². The Kier molecular flexibility index (Phi) is 5.30. The van der Waals surface area contributed by atoms with Crippen LogP contribution in [0.15, 0.2) is 29.2 Å². The molecule has 0 bridgehead atoms. The second kappa shape index (κ2) is 6.37. The van der Waals surface area contributed by atoms with Gasteiger partial charge in [0.25, 0.3) is 0 Å². The molecule has 1 rings (SSSR count). The summed E-state index contributed by atoms with van der Waals surface area (Å²) in [5.41, 5.74) is 0.416. The quantitative estimate of drug-likeness (QED) is 0.864. The van der Waals surface area contributed by atoms with Gasteiger partial charge in [0.1, 0.15) is 0 Å². The number of nitrogens with one attached hydrogen (secondary N) is 2. The molecule has 0 aliphatic carbocycles. The third-order valence-corrected chi connectivity index (χ3v) is 4.37. The summed E-state index contributed by atoms with van der Waals surface area (Å²) in [5, 5.41) is 2.55. The zero-order valence-electron chi connectivity index (χ0n) is 12.4. The number of benzene rings is 1. The smallest absolute Gasteiger partial charge is 0.241 e. The molecule has 0 aromatic heterocycles. The molecule has 0 spiro atoms. The number of carbonyl (C=O) groups is 1. The molecule has 0 fully saturated rings. The third kappa shape index (κ3) is 5.30. The maximum absolute atomic E-state index is 12.1. The van der Waals surface area contributed by atoms with E-state index >= 15 is 0 Å². The number of aryl methyl sites for hydroxylation is 1. The molecule has 0 aliphatic rings. The van der Waals surface area contributed by atoms with Gasteiger partial charge in [0, 0.05) is 19.0 Å². The standard InChI is InChI=1S/C14H22N2O3S/c1-14(2,3)16-20(18,19)12-8-5-11(6-9-12)7-10-13(17)15-4/h5-6,8-9,16H,7,10H2,1-4H3,(H,15,17). The summed E-state index contributed by atoms with van der Waals surface area (Å²) >= 11 is 0. The predicted molar refractivity (Wildman–Crippen MR) is 78.9 cm³/mol. The van der Waals surface area contributed by atoms with Gasteiger partial charge >= 0.3 is 0 Å². The topological polar surface area (TPSA) is 75.3 Å². The Hall–Kier alpha value is -1.40. The van der Waals surface area contributed by atoms with E-state index in [0.29, 0.717) is 12.8 Å². The van der Waals surface area contributed by atoms with Crippen molar-refractivity contribution in [1.29, 1.82) is 0 Å². The predicted octanol–water partition coefficient (Wildman–Crippen LogP) is 1.44. The number of carbonyl (C=O) groups excluding carboxylic acids is 1. The van der Waals surface area contributed by atoms with Gasteiger partial charge in [-0.3, -0.25) is 4.79 Å². The van der Waals surface area contributed by atoms with Gasteiger partial charge in [-0.05, 0) is 44.9 Å². The fourth-order valence-corrected chi connectivity index (χ4v) is 3.10. The number of amides is 1. The lowest BCUT2D eigenvalue weighted by molar-refractivity contribution is -0.120. The first kappa shape index (κ1) is 16.7. The Bertz CT molecular complexity index is 557. The summed E-state index contributed by atoms with van der Waals surface area (Å²) < 4.78 is 26.8. The van der Waals surface area contributed by atoms with Crippen LogP contribution < -0.4 is 10.0 Å². The minimum Gasteiger partial charge on any atom is -0.359 e. The Morgan fingerprint density at radius 1 is 1.15 bits per heavy atom. The van der Waals surface area contributed by atoms with Gasteiger partial charge in [-0.2, -0.15) is 0 Å². The van der Waals surface area contributed by atoms with E-state index in [1.807, 2.05) is 0 Å². The maximum atomic E-state index is 12.1. The van der Waals surface area contributed by atoms with Crippen molar-refractivity contribution in [2.45, 2.75) is 44.0 Å². The number of sulfonamides is 1. The fraction of sp³-hybridized carbons (Fsp3) is 0.500. The Morgan fingerprint density at radius 2 is 1.70 bits per heavy atom. The third-order valence-electron chi connectivity index (χ3n) is 2.59. The van der Waals surface area contributed by atoms with Crippen molar-refractivity contribution >= 4 is 15.9 Å². The van der Waals surface area contributed by atoms with Gasteiger partial charge < -0.3 is 5.32 Å². The van der Waals surface area contributed by atoms with E-state index in [1.54, 1.807) is 52.1 Å². The van der Waals surface area contributed by atoms with Crippen LogP contribution in [-0.2, 0) is 21.2 Å². The molecule has 0 atom stereocenters. The van der Waals surface area contributed by atoms with Crippen LogP contribution in [-0.4, -0.2) is 26.9 Å². The maximum Gasteiger partial charge on any atom is 0.241 e. The van der Waals surface area contributed by atoms with Crippen molar-refractivity contribution in [2.24, 2.45) is 0 Å². The Labute approximate surface area is 120 Å². The fourth-order valence-electron chi connectivity index (χ4n) is 1.68. The molecular formula is C14H22N2O3S. The highest BCUT2D eigenvalue weighted by Crippen LogP contribution is 2.14. The normalized spacial score (nSPS) is 12.2. The SMILES string of the molecule is CNC(=O)CCc1ccc(S(=O)(=O)NC(C)(C)C)cc1. The van der Waals surface area contributed by atoms with Crippen molar-refractivity contribution in [1.82, 2.24) is 10.0 Å². The summed E-state index contributed by atoms with van der Waals surface area (Å²) in [7, 11) is -1.91. The summed E-state index contributed by atoms with van der Waals surface area (Å²) in [6.45, 7) is 5.38. The van der Waals surface area contributed by atoms with Crippen molar-refractivity contribution in [3.63, 3.8) is 0 Å². The van der Waals surface area contributed by atoms with Gasteiger partial charge in [-0.25, -0.2) is 13.1 Å². The number of hydrogen-bond acceptors (Lipinski definition) is 3. The molecule has 1 aromatic rings. The monoisotopic (exact) mass is 298 g/mol. The number of hydrogen-bond donors (Lipinski definition) is 2. The van der Waals surface area contributed by atoms with Crippen molar-refractivity contribution < 1.29 is 13.2 Å². The van der Waals surface area contributed by atoms with Crippen molar-refractivity contribution in [3.8, 4) is 0 Å². The van der Waals surface area contributed by atoms with Crippen LogP contribution in [0.4, 0.5) is 0 Å². The molecule has 0 heterocycles. The highest BCUT2D eigenvalue weighted by molar-refractivity contribution is 7.89. The molecule has 0 radical (unpaired) electrons. The molecule has 5 nitrogen and oxygen atoms in total. The lowest BCUT2D eigenvalue weighted by atomic mass is 10.1. The molecule has 0 saturated heterocycles. The Balaban J connectivity index is 2.78. The largest absolute Gasteiger partial charge is 0.359 e. The first-order chi connectivity index (χ1) is 9.14. The van der Waals surface area contributed by atoms with Gasteiger partial charge in [0.05, 0.1) is 4.90 Å². The molecule has 1 aromatic carbocycles. The van der Waals surface area contributed by atoms with E-state index in [-0.39, 0.29) is 10.8 Å². The molecule has 0 saturated carbocycles. The van der Waals surface area contributed by atoms with Crippen LogP contribution in [0, 0.1) is 0 Å². The van der Waals surface area contributed by atoms with Crippen LogP contribution >= 0.6 is 0 Å². The van der Waals surface area contributed by atoms with Crippen LogP contribution in [0.3, 0.4) is 0 Å². The van der Waals surface area contributed by atoms with Crippen LogP contribution in [0.1, 0.15) is 32.8 Å². The minimum absolute atomic E-state index is 0.0314. The number of rotatable bonds is 5. The highest BCUT2D eigenvalue weighted by Gasteiger charge is 2.21. The lowest BCUT2D eigenvalue weighted by Crippen LogP contribution is -2.40. The molecule has 6 heteroatoms. The summed E-state index contributed by atoms with van der Waals surface area (Å²) in [6, 6.07) is 6.60. The Morgan fingerprint density at radius 3 is 2.15 bits per heavy atom. The first-order valence-electron chi connectivity index (χ1n) is 6.47. The molecule has 2 N–H and O–H groups in total. The second-order valence-corrected chi connectivity index (χ2v) is 7.36. The van der Waals surface area contributed by atoms with E-state index in [2.05, 4.69) is 10.0 Å². The molecule has 0 unspecified atom stereocenters. The zero-order chi connectivity index (χ0) is 15.4. The van der Waals surface area contributed by atoms with E-state index in [4.69, 9.17) is 0 Å². The summed E-state index contributed by atoms with van der Waals surface area (Å²) in [4.78, 5) is 11.4. The highest BCUT2D eigenvalue weighted by atomic mass is 32.2. The minimum atomic E-state index is -3.50. The van der Waals surface area contributed by atoms with Gasteiger partial charge in [0.2, 0.25) is 15.9 Å². The molecular weight excluding hydrogens is 276 g/mol. The van der Waals surface area contributed by atoms with Crippen LogP contribution in [0.2, 0.25) is 0 Å². The average Bonchev–Trinajstić information content (AvgIpc) is 2.33. The first-order valence-corrected chi connectivity index (χ1v) is 7.96. The van der Waals surface area contributed by atoms with Gasteiger partial charge in [0.15, 0.2) is 0 Å². The van der Waals surface area contributed by atoms with Crippen molar-refractivity contribution in [2.75, 3.05) is 7.05 Å². The van der Waals surface area contributed by atoms with E-state index in [9.17, 15) is 13.2 Å². The molecule has 1 amide bonds. The van der Waals surface area contributed by atoms with Crippen LogP contribution in [0.25, 0.3) is 0 Å². The summed E-state index contributed by atoms with van der Waals surface area (Å²) in [6.07, 6.45) is 0.982. The molecule has 112 valence electrons. The lowest BCUT2D eigenvalue weighted by Gasteiger charge is -2.20. The van der Waals surface area contributed by atoms with E-state index in [0.717, 1.165) is 5.56 Å². The molecule has 20 heavy (non-hydrogen) atoms. The second-order valence-electron chi connectivity index (χ2n) is 5.67. The van der Waals surface area contributed by atoms with Gasteiger partial charge in [-0.1, -0.05) is 12.1 Å². The average molecular weight is 298 g/mol. The van der Waals surface area contributed by atoms with Gasteiger partial charge in [-0.15, -0.1) is 0 Å². The van der Waals surface area contributed by atoms with E-state index in [1.165, 1.54) is 0 Å². The zero-order valence-corrected chi connectivity index (χ0v) is 13.2. The van der Waals surface area contributed by atoms with E-state index < -0.39 is 15.6 Å². The molecule has 0 aliphatic heterocycles. The van der Waals surface area contributed by atoms with Crippen LogP contribution in [0.5, 0.6) is 0 Å².